The Morgan fingerprint density at radius 1 is 1.50 bits per heavy atom. The summed E-state index contributed by atoms with van der Waals surface area (Å²) >= 11 is 0. The first-order chi connectivity index (χ1) is 5.72. The van der Waals surface area contributed by atoms with Crippen LogP contribution in [0.15, 0.2) is 22.9 Å². The van der Waals surface area contributed by atoms with Gasteiger partial charge < -0.3 is 5.32 Å². The number of rotatable bonds is 3. The van der Waals surface area contributed by atoms with Gasteiger partial charge in [0.2, 0.25) is 0 Å². The summed E-state index contributed by atoms with van der Waals surface area (Å²) < 4.78 is 0. The van der Waals surface area contributed by atoms with Gasteiger partial charge in [-0.1, -0.05) is 26.3 Å². The zero-order chi connectivity index (χ0) is 9.40. The molecule has 0 heterocycles. The van der Waals surface area contributed by atoms with Crippen LogP contribution in [0.3, 0.4) is 0 Å². The number of nitrogens with one attached hydrogen (secondary N) is 1. The lowest BCUT2D eigenvalue weighted by atomic mass is 10.2. The van der Waals surface area contributed by atoms with E-state index in [1.807, 2.05) is 0 Å². The monoisotopic (exact) mass is 165 g/mol. The second kappa shape index (κ2) is 6.41. The Kier molecular flexibility index (Phi) is 5.72. The Morgan fingerprint density at radius 3 is 2.58 bits per heavy atom. The van der Waals surface area contributed by atoms with Crippen LogP contribution < -0.4 is 5.32 Å². The largest absolute Gasteiger partial charge is 0.321 e. The van der Waals surface area contributed by atoms with Crippen molar-refractivity contribution in [3.63, 3.8) is 0 Å². The summed E-state index contributed by atoms with van der Waals surface area (Å²) in [5, 5.41) is 10.6. The Bertz CT molecular complexity index is 208. The Hall–Kier alpha value is -1.30. The standard InChI is InChI=1S/C9H15N3/c1-5-6-7-11-9(8(2)3)12-10-4/h5,8-9,11H,1H2,2-4H3. The summed E-state index contributed by atoms with van der Waals surface area (Å²) in [5.74, 6) is 3.08. The van der Waals surface area contributed by atoms with Gasteiger partial charge in [0, 0.05) is 13.1 Å². The molecular weight excluding hydrogens is 150 g/mol. The van der Waals surface area contributed by atoms with Gasteiger partial charge in [-0.2, -0.15) is 10.2 Å². The second-order valence-corrected chi connectivity index (χ2v) is 2.62. The molecular formula is C9H15N3. The van der Waals surface area contributed by atoms with Crippen LogP contribution in [0.25, 0.3) is 0 Å². The SMILES string of the molecule is C=CC#CNC(N=NC)C(C)C. The zero-order valence-corrected chi connectivity index (χ0v) is 7.83. The summed E-state index contributed by atoms with van der Waals surface area (Å²) in [6.45, 7) is 7.60. The van der Waals surface area contributed by atoms with Gasteiger partial charge in [-0.25, -0.2) is 0 Å². The number of nitrogens with zero attached hydrogens (tertiary/aromatic N) is 2. The Balaban J connectivity index is 4.04. The average Bonchev–Trinajstić information content (AvgIpc) is 2.03. The third-order valence-corrected chi connectivity index (χ3v) is 1.27. The van der Waals surface area contributed by atoms with Crippen LogP contribution in [0.5, 0.6) is 0 Å². The van der Waals surface area contributed by atoms with Crippen LogP contribution >= 0.6 is 0 Å². The van der Waals surface area contributed by atoms with Crippen LogP contribution in [0, 0.1) is 17.9 Å². The van der Waals surface area contributed by atoms with Gasteiger partial charge in [0.15, 0.2) is 0 Å². The third-order valence-electron chi connectivity index (χ3n) is 1.27. The van der Waals surface area contributed by atoms with Crippen molar-refractivity contribution in [2.24, 2.45) is 16.1 Å². The topological polar surface area (TPSA) is 36.8 Å². The lowest BCUT2D eigenvalue weighted by molar-refractivity contribution is 0.446. The first-order valence-corrected chi connectivity index (χ1v) is 3.88. The van der Waals surface area contributed by atoms with Crippen molar-refractivity contribution in [2.45, 2.75) is 20.0 Å². The highest BCUT2D eigenvalue weighted by atomic mass is 15.2. The normalized spacial score (nSPS) is 12.3. The van der Waals surface area contributed by atoms with E-state index in [2.05, 4.69) is 47.9 Å². The molecule has 0 fully saturated rings. The van der Waals surface area contributed by atoms with Gasteiger partial charge in [0.1, 0.15) is 6.17 Å². The summed E-state index contributed by atoms with van der Waals surface area (Å²) in [4.78, 5) is 0. The molecule has 0 aliphatic carbocycles. The molecule has 0 aromatic carbocycles. The van der Waals surface area contributed by atoms with Gasteiger partial charge in [0.25, 0.3) is 0 Å². The fourth-order valence-electron chi connectivity index (χ4n) is 0.620. The molecule has 66 valence electrons. The van der Waals surface area contributed by atoms with E-state index in [1.54, 1.807) is 7.05 Å². The summed E-state index contributed by atoms with van der Waals surface area (Å²) in [7, 11) is 1.65. The van der Waals surface area contributed by atoms with Gasteiger partial charge in [-0.05, 0) is 12.0 Å². The summed E-state index contributed by atoms with van der Waals surface area (Å²) in [6, 6.07) is 2.73. The van der Waals surface area contributed by atoms with Crippen LogP contribution in [-0.4, -0.2) is 13.2 Å². The molecule has 3 heteroatoms. The molecule has 0 aromatic rings. The van der Waals surface area contributed by atoms with E-state index in [0.717, 1.165) is 0 Å². The molecule has 12 heavy (non-hydrogen) atoms. The maximum Gasteiger partial charge on any atom is 0.148 e. The molecule has 0 spiro atoms. The van der Waals surface area contributed by atoms with Gasteiger partial charge in [-0.15, -0.1) is 0 Å². The lowest BCUT2D eigenvalue weighted by Gasteiger charge is -2.12. The zero-order valence-electron chi connectivity index (χ0n) is 7.83. The number of allylic oxidation sites excluding steroid dienone is 1. The first kappa shape index (κ1) is 10.7. The van der Waals surface area contributed by atoms with Gasteiger partial charge >= 0.3 is 0 Å². The molecule has 0 saturated carbocycles. The Morgan fingerprint density at radius 2 is 2.17 bits per heavy atom. The lowest BCUT2D eigenvalue weighted by Crippen LogP contribution is -2.27. The molecule has 0 amide bonds. The molecule has 1 unspecified atom stereocenters. The van der Waals surface area contributed by atoms with E-state index >= 15 is 0 Å². The molecule has 0 rings (SSSR count). The Labute approximate surface area is 74.0 Å². The van der Waals surface area contributed by atoms with Crippen molar-refractivity contribution in [1.29, 1.82) is 0 Å². The van der Waals surface area contributed by atoms with Crippen molar-refractivity contribution < 1.29 is 0 Å². The van der Waals surface area contributed by atoms with Crippen LogP contribution in [0.2, 0.25) is 0 Å². The molecule has 0 radical (unpaired) electrons. The predicted molar refractivity (Wildman–Crippen MR) is 50.5 cm³/mol. The van der Waals surface area contributed by atoms with Crippen molar-refractivity contribution in [3.8, 4) is 12.0 Å². The minimum atomic E-state index is -0.0255. The van der Waals surface area contributed by atoms with E-state index < -0.39 is 0 Å². The maximum absolute atomic E-state index is 3.97. The molecule has 1 N–H and O–H groups in total. The van der Waals surface area contributed by atoms with Crippen LogP contribution in [-0.2, 0) is 0 Å². The van der Waals surface area contributed by atoms with Crippen LogP contribution in [0.4, 0.5) is 0 Å². The number of hydrogen-bond donors (Lipinski definition) is 1. The van der Waals surface area contributed by atoms with Gasteiger partial charge in [-0.3, -0.25) is 0 Å². The van der Waals surface area contributed by atoms with Crippen molar-refractivity contribution in [2.75, 3.05) is 7.05 Å². The minimum Gasteiger partial charge on any atom is -0.321 e. The average molecular weight is 165 g/mol. The van der Waals surface area contributed by atoms with E-state index in [-0.39, 0.29) is 6.17 Å². The highest BCUT2D eigenvalue weighted by Crippen LogP contribution is 2.01. The molecule has 0 aliphatic rings. The molecule has 0 bridgehead atoms. The molecule has 0 aromatic heterocycles. The quantitative estimate of drug-likeness (QED) is 0.386. The van der Waals surface area contributed by atoms with E-state index in [9.17, 15) is 0 Å². The van der Waals surface area contributed by atoms with Crippen molar-refractivity contribution in [1.82, 2.24) is 5.32 Å². The first-order valence-electron chi connectivity index (χ1n) is 3.88. The minimum absolute atomic E-state index is 0.0255. The summed E-state index contributed by atoms with van der Waals surface area (Å²) in [5.41, 5.74) is 0. The molecule has 0 saturated heterocycles. The molecule has 1 atom stereocenters. The molecule has 3 nitrogen and oxygen atoms in total. The van der Waals surface area contributed by atoms with Crippen molar-refractivity contribution in [3.05, 3.63) is 12.7 Å². The number of hydrogen-bond acceptors (Lipinski definition) is 3. The van der Waals surface area contributed by atoms with Crippen molar-refractivity contribution >= 4 is 0 Å². The maximum atomic E-state index is 3.97. The fourth-order valence-corrected chi connectivity index (χ4v) is 0.620. The van der Waals surface area contributed by atoms with Crippen LogP contribution in [0.1, 0.15) is 13.8 Å². The highest BCUT2D eigenvalue weighted by Gasteiger charge is 2.08. The predicted octanol–water partition coefficient (Wildman–Crippen LogP) is 1.79. The number of azo groups is 1. The molecule has 0 aliphatic heterocycles. The second-order valence-electron chi connectivity index (χ2n) is 2.62. The summed E-state index contributed by atoms with van der Waals surface area (Å²) in [6.07, 6.45) is 1.51. The third kappa shape index (κ3) is 4.51. The highest BCUT2D eigenvalue weighted by molar-refractivity contribution is 5.11. The fraction of sp³-hybridized carbons (Fsp3) is 0.556. The van der Waals surface area contributed by atoms with E-state index in [0.29, 0.717) is 5.92 Å². The smallest absolute Gasteiger partial charge is 0.148 e. The van der Waals surface area contributed by atoms with E-state index in [4.69, 9.17) is 0 Å². The van der Waals surface area contributed by atoms with E-state index in [1.165, 1.54) is 6.08 Å². The van der Waals surface area contributed by atoms with Gasteiger partial charge in [0.05, 0.1) is 0 Å².